The zero-order chi connectivity index (χ0) is 20.1. The highest BCUT2D eigenvalue weighted by molar-refractivity contribution is 5.80. The van der Waals surface area contributed by atoms with E-state index in [1.807, 2.05) is 4.90 Å². The number of primary amides is 1. The molecule has 0 radical (unpaired) electrons. The van der Waals surface area contributed by atoms with Gasteiger partial charge in [0, 0.05) is 19.5 Å². The van der Waals surface area contributed by atoms with Gasteiger partial charge in [-0.3, -0.25) is 9.69 Å². The molecule has 1 aromatic rings. The molecule has 0 aromatic heterocycles. The average Bonchev–Trinajstić information content (AvgIpc) is 3.29. The molecule has 2 heterocycles. The summed E-state index contributed by atoms with van der Waals surface area (Å²) >= 11 is 0. The van der Waals surface area contributed by atoms with E-state index in [2.05, 4.69) is 10.1 Å². The average molecular weight is 401 g/mol. The third kappa shape index (κ3) is 3.24. The van der Waals surface area contributed by atoms with Gasteiger partial charge in [-0.15, -0.1) is 13.2 Å². The smallest absolute Gasteiger partial charge is 0.406 e. The zero-order valence-corrected chi connectivity index (χ0v) is 15.2. The quantitative estimate of drug-likeness (QED) is 0.760. The number of benzene rings is 1. The van der Waals surface area contributed by atoms with Crippen molar-refractivity contribution in [3.63, 3.8) is 0 Å². The molecule has 5 nitrogen and oxygen atoms in total. The second kappa shape index (κ2) is 6.88. The van der Waals surface area contributed by atoms with Crippen LogP contribution in [0, 0.1) is 11.8 Å². The highest BCUT2D eigenvalue weighted by Crippen LogP contribution is 2.54. The summed E-state index contributed by atoms with van der Waals surface area (Å²) in [6.07, 6.45) is -4.26. The molecule has 1 aliphatic carbocycles. The SMILES string of the molecule is NC(=O)[C@@H]1C[C@@H](F)CN1[C@@]1(c2ccc(OC(F)(F)F)cc2)CC[C@@H]2CNC[C@@H]21. The zero-order valence-electron chi connectivity index (χ0n) is 15.2. The molecular weight excluding hydrogens is 378 g/mol. The third-order valence-corrected chi connectivity index (χ3v) is 6.53. The second-order valence-corrected chi connectivity index (χ2v) is 7.96. The standard InChI is InChI=1S/C19H23F4N3O2/c20-13-7-16(17(24)27)26(10-13)18(6-5-11-8-25-9-15(11)18)12-1-3-14(4-2-12)28-19(21,22)23/h1-4,11,13,15-16,25H,5-10H2,(H2,24,27)/t11-,13-,15+,16+,18-/m1/s1. The Labute approximate surface area is 160 Å². The number of halogens is 4. The highest BCUT2D eigenvalue weighted by Gasteiger charge is 2.58. The van der Waals surface area contributed by atoms with Crippen LogP contribution in [0.5, 0.6) is 5.75 Å². The van der Waals surface area contributed by atoms with E-state index in [1.54, 1.807) is 12.1 Å². The topological polar surface area (TPSA) is 67.6 Å². The molecule has 0 unspecified atom stereocenters. The molecule has 4 rings (SSSR count). The molecule has 0 bridgehead atoms. The van der Waals surface area contributed by atoms with E-state index in [9.17, 15) is 22.4 Å². The molecular formula is C19H23F4N3O2. The van der Waals surface area contributed by atoms with Gasteiger partial charge in [0.05, 0.1) is 11.6 Å². The van der Waals surface area contributed by atoms with Crippen molar-refractivity contribution in [3.8, 4) is 5.75 Å². The van der Waals surface area contributed by atoms with E-state index in [1.165, 1.54) is 12.1 Å². The summed E-state index contributed by atoms with van der Waals surface area (Å²) < 4.78 is 55.8. The maximum atomic E-state index is 14.3. The molecule has 2 aliphatic heterocycles. The number of alkyl halides is 4. The first-order valence-corrected chi connectivity index (χ1v) is 9.48. The fourth-order valence-electron chi connectivity index (χ4n) is 5.51. The normalized spacial score (nSPS) is 35.9. The second-order valence-electron chi connectivity index (χ2n) is 7.96. The minimum atomic E-state index is -4.76. The Morgan fingerprint density at radius 1 is 1.25 bits per heavy atom. The molecule has 154 valence electrons. The molecule has 1 aromatic carbocycles. The number of hydrogen-bond acceptors (Lipinski definition) is 4. The van der Waals surface area contributed by atoms with E-state index in [0.717, 1.165) is 18.5 Å². The van der Waals surface area contributed by atoms with Gasteiger partial charge in [-0.25, -0.2) is 4.39 Å². The van der Waals surface area contributed by atoms with Gasteiger partial charge in [-0.1, -0.05) is 12.1 Å². The minimum absolute atomic E-state index is 0.0527. The van der Waals surface area contributed by atoms with Gasteiger partial charge in [0.15, 0.2) is 0 Å². The van der Waals surface area contributed by atoms with Crippen molar-refractivity contribution in [2.45, 2.75) is 43.4 Å². The lowest BCUT2D eigenvalue weighted by molar-refractivity contribution is -0.274. The maximum Gasteiger partial charge on any atom is 0.573 e. The van der Waals surface area contributed by atoms with E-state index < -0.39 is 30.0 Å². The van der Waals surface area contributed by atoms with E-state index >= 15 is 0 Å². The number of nitrogens with one attached hydrogen (secondary N) is 1. The number of hydrogen-bond donors (Lipinski definition) is 2. The maximum absolute atomic E-state index is 14.3. The summed E-state index contributed by atoms with van der Waals surface area (Å²) in [7, 11) is 0. The van der Waals surface area contributed by atoms with Crippen LogP contribution < -0.4 is 15.8 Å². The van der Waals surface area contributed by atoms with E-state index in [-0.39, 0.29) is 24.6 Å². The lowest BCUT2D eigenvalue weighted by Crippen LogP contribution is -2.55. The predicted molar refractivity (Wildman–Crippen MR) is 93.1 cm³/mol. The first kappa shape index (κ1) is 19.4. The number of ether oxygens (including phenoxy) is 1. The summed E-state index contributed by atoms with van der Waals surface area (Å²) in [4.78, 5) is 13.9. The fraction of sp³-hybridized carbons (Fsp3) is 0.632. The van der Waals surface area contributed by atoms with Crippen LogP contribution >= 0.6 is 0 Å². The van der Waals surface area contributed by atoms with Crippen LogP contribution in [0.4, 0.5) is 17.6 Å². The number of nitrogens with zero attached hydrogens (tertiary/aromatic N) is 1. The summed E-state index contributed by atoms with van der Waals surface area (Å²) in [5.41, 5.74) is 5.72. The Bertz CT molecular complexity index is 742. The van der Waals surface area contributed by atoms with Crippen molar-refractivity contribution in [1.29, 1.82) is 0 Å². The van der Waals surface area contributed by atoms with Crippen LogP contribution in [-0.4, -0.2) is 49.0 Å². The van der Waals surface area contributed by atoms with Crippen LogP contribution in [-0.2, 0) is 10.3 Å². The van der Waals surface area contributed by atoms with Crippen molar-refractivity contribution in [2.24, 2.45) is 17.6 Å². The number of likely N-dealkylation sites (tertiary alicyclic amines) is 1. The number of carbonyl (C=O) groups excluding carboxylic acids is 1. The van der Waals surface area contributed by atoms with Crippen molar-refractivity contribution in [2.75, 3.05) is 19.6 Å². The number of rotatable bonds is 4. The van der Waals surface area contributed by atoms with Gasteiger partial charge < -0.3 is 15.8 Å². The molecule has 9 heteroatoms. The summed E-state index contributed by atoms with van der Waals surface area (Å²) in [5.74, 6) is -0.361. The monoisotopic (exact) mass is 401 g/mol. The Morgan fingerprint density at radius 2 is 1.96 bits per heavy atom. The van der Waals surface area contributed by atoms with Gasteiger partial charge in [-0.2, -0.15) is 0 Å². The lowest BCUT2D eigenvalue weighted by atomic mass is 9.77. The van der Waals surface area contributed by atoms with Crippen LogP contribution in [0.2, 0.25) is 0 Å². The van der Waals surface area contributed by atoms with Gasteiger partial charge in [0.2, 0.25) is 5.91 Å². The molecule has 5 atom stereocenters. The molecule has 1 amide bonds. The highest BCUT2D eigenvalue weighted by atomic mass is 19.4. The van der Waals surface area contributed by atoms with E-state index in [4.69, 9.17) is 5.73 Å². The Hall–Kier alpha value is -1.87. The summed E-state index contributed by atoms with van der Waals surface area (Å²) in [6, 6.07) is 5.04. The number of amides is 1. The Kier molecular flexibility index (Phi) is 4.78. The van der Waals surface area contributed by atoms with Crippen molar-refractivity contribution in [1.82, 2.24) is 10.2 Å². The molecule has 28 heavy (non-hydrogen) atoms. The van der Waals surface area contributed by atoms with Gasteiger partial charge in [0.25, 0.3) is 0 Å². The first-order valence-electron chi connectivity index (χ1n) is 9.48. The van der Waals surface area contributed by atoms with Crippen molar-refractivity contribution in [3.05, 3.63) is 29.8 Å². The molecule has 2 saturated heterocycles. The number of nitrogens with two attached hydrogens (primary N) is 1. The van der Waals surface area contributed by atoms with Gasteiger partial charge >= 0.3 is 6.36 Å². The molecule has 1 saturated carbocycles. The Balaban J connectivity index is 1.74. The first-order chi connectivity index (χ1) is 13.2. The summed E-state index contributed by atoms with van der Waals surface area (Å²) in [5, 5.41) is 3.36. The molecule has 3 fully saturated rings. The van der Waals surface area contributed by atoms with Crippen LogP contribution in [0.15, 0.2) is 24.3 Å². The third-order valence-electron chi connectivity index (χ3n) is 6.53. The van der Waals surface area contributed by atoms with Gasteiger partial charge in [0.1, 0.15) is 11.9 Å². The Morgan fingerprint density at radius 3 is 2.61 bits per heavy atom. The minimum Gasteiger partial charge on any atom is -0.406 e. The van der Waals surface area contributed by atoms with Crippen molar-refractivity contribution >= 4 is 5.91 Å². The van der Waals surface area contributed by atoms with E-state index in [0.29, 0.717) is 18.9 Å². The van der Waals surface area contributed by atoms with Crippen molar-refractivity contribution < 1.29 is 27.1 Å². The lowest BCUT2D eigenvalue weighted by Gasteiger charge is -2.46. The summed E-state index contributed by atoms with van der Waals surface area (Å²) in [6.45, 7) is 1.65. The molecule has 3 N–H and O–H groups in total. The van der Waals surface area contributed by atoms with Crippen LogP contribution in [0.1, 0.15) is 24.8 Å². The number of fused-ring (bicyclic) bond motifs is 1. The molecule has 3 aliphatic rings. The van der Waals surface area contributed by atoms with Gasteiger partial charge in [-0.05, 0) is 48.9 Å². The number of carbonyl (C=O) groups is 1. The van der Waals surface area contributed by atoms with Crippen LogP contribution in [0.3, 0.4) is 0 Å². The fourth-order valence-corrected chi connectivity index (χ4v) is 5.51. The predicted octanol–water partition coefficient (Wildman–Crippen LogP) is 2.31. The largest absolute Gasteiger partial charge is 0.573 e. The van der Waals surface area contributed by atoms with Crippen LogP contribution in [0.25, 0.3) is 0 Å². The molecule has 0 spiro atoms.